The van der Waals surface area contributed by atoms with Gasteiger partial charge >= 0.3 is 0 Å². The standard InChI is InChI=1S/C15H14N2/c1-12-16-11-13-7-5-6-10-15(13)17(12)14-8-3-2-4-9-14/h2-12H,1H3. The molecule has 0 saturated heterocycles. The Labute approximate surface area is 101 Å². The van der Waals surface area contributed by atoms with Crippen molar-refractivity contribution in [1.82, 2.24) is 0 Å². The van der Waals surface area contributed by atoms with Gasteiger partial charge in [-0.2, -0.15) is 0 Å². The maximum absolute atomic E-state index is 4.53. The average Bonchev–Trinajstić information content (AvgIpc) is 2.39. The Hall–Kier alpha value is -2.09. The summed E-state index contributed by atoms with van der Waals surface area (Å²) >= 11 is 0. The molecule has 0 bridgehead atoms. The molecule has 0 fully saturated rings. The van der Waals surface area contributed by atoms with Gasteiger partial charge in [0, 0.05) is 17.5 Å². The first-order valence-electron chi connectivity index (χ1n) is 5.83. The van der Waals surface area contributed by atoms with Crippen molar-refractivity contribution < 1.29 is 0 Å². The van der Waals surface area contributed by atoms with Crippen LogP contribution in [0.1, 0.15) is 12.5 Å². The maximum Gasteiger partial charge on any atom is 0.122 e. The highest BCUT2D eigenvalue weighted by molar-refractivity contribution is 5.92. The Balaban J connectivity index is 2.13. The van der Waals surface area contributed by atoms with E-state index in [2.05, 4.69) is 59.3 Å². The monoisotopic (exact) mass is 222 g/mol. The van der Waals surface area contributed by atoms with Crippen LogP contribution in [0.15, 0.2) is 59.6 Å². The summed E-state index contributed by atoms with van der Waals surface area (Å²) in [5, 5.41) is 0. The van der Waals surface area contributed by atoms with Gasteiger partial charge in [-0.1, -0.05) is 36.4 Å². The van der Waals surface area contributed by atoms with E-state index in [1.54, 1.807) is 0 Å². The lowest BCUT2D eigenvalue weighted by atomic mass is 10.1. The van der Waals surface area contributed by atoms with Gasteiger partial charge in [-0.15, -0.1) is 0 Å². The summed E-state index contributed by atoms with van der Waals surface area (Å²) in [6.07, 6.45) is 2.10. The first kappa shape index (κ1) is 10.1. The molecule has 0 spiro atoms. The highest BCUT2D eigenvalue weighted by Crippen LogP contribution is 2.32. The van der Waals surface area contributed by atoms with E-state index in [0.29, 0.717) is 0 Å². The van der Waals surface area contributed by atoms with Gasteiger partial charge in [0.15, 0.2) is 0 Å². The third kappa shape index (κ3) is 1.72. The molecule has 1 atom stereocenters. The minimum atomic E-state index is 0.146. The van der Waals surface area contributed by atoms with E-state index in [9.17, 15) is 0 Å². The van der Waals surface area contributed by atoms with Crippen molar-refractivity contribution in [3.8, 4) is 0 Å². The molecule has 2 aromatic carbocycles. The van der Waals surface area contributed by atoms with E-state index < -0.39 is 0 Å². The summed E-state index contributed by atoms with van der Waals surface area (Å²) in [4.78, 5) is 6.79. The van der Waals surface area contributed by atoms with Crippen molar-refractivity contribution in [2.24, 2.45) is 4.99 Å². The van der Waals surface area contributed by atoms with Gasteiger partial charge in [-0.05, 0) is 25.1 Å². The number of hydrogen-bond donors (Lipinski definition) is 0. The van der Waals surface area contributed by atoms with Gasteiger partial charge in [0.25, 0.3) is 0 Å². The summed E-state index contributed by atoms with van der Waals surface area (Å²) in [5.41, 5.74) is 3.58. The second-order valence-electron chi connectivity index (χ2n) is 4.17. The molecule has 1 heterocycles. The Morgan fingerprint density at radius 2 is 1.65 bits per heavy atom. The second kappa shape index (κ2) is 4.06. The lowest BCUT2D eigenvalue weighted by molar-refractivity contribution is 0.749. The van der Waals surface area contributed by atoms with Crippen molar-refractivity contribution in [2.45, 2.75) is 13.1 Å². The second-order valence-corrected chi connectivity index (χ2v) is 4.17. The summed E-state index contributed by atoms with van der Waals surface area (Å²) in [6, 6.07) is 18.7. The van der Waals surface area contributed by atoms with E-state index in [-0.39, 0.29) is 6.17 Å². The van der Waals surface area contributed by atoms with Crippen molar-refractivity contribution in [2.75, 3.05) is 4.90 Å². The molecule has 84 valence electrons. The fraction of sp³-hybridized carbons (Fsp3) is 0.133. The van der Waals surface area contributed by atoms with Gasteiger partial charge in [0.05, 0.1) is 5.69 Å². The van der Waals surface area contributed by atoms with Crippen LogP contribution in [0.4, 0.5) is 11.4 Å². The highest BCUT2D eigenvalue weighted by atomic mass is 15.3. The summed E-state index contributed by atoms with van der Waals surface area (Å²) in [5.74, 6) is 0. The molecule has 2 heteroatoms. The third-order valence-corrected chi connectivity index (χ3v) is 3.03. The molecule has 2 nitrogen and oxygen atoms in total. The molecule has 1 aliphatic rings. The minimum absolute atomic E-state index is 0.146. The van der Waals surface area contributed by atoms with Crippen LogP contribution in [-0.4, -0.2) is 12.4 Å². The fourth-order valence-corrected chi connectivity index (χ4v) is 2.22. The predicted molar refractivity (Wildman–Crippen MR) is 72.1 cm³/mol. The molecule has 0 saturated carbocycles. The molecule has 3 rings (SSSR count). The lowest BCUT2D eigenvalue weighted by Crippen LogP contribution is -2.30. The molecular formula is C15H14N2. The fourth-order valence-electron chi connectivity index (χ4n) is 2.22. The largest absolute Gasteiger partial charge is 0.318 e. The van der Waals surface area contributed by atoms with Crippen LogP contribution in [0.3, 0.4) is 0 Å². The van der Waals surface area contributed by atoms with Crippen LogP contribution in [0.5, 0.6) is 0 Å². The van der Waals surface area contributed by atoms with Crippen molar-refractivity contribution in [1.29, 1.82) is 0 Å². The van der Waals surface area contributed by atoms with E-state index in [4.69, 9.17) is 0 Å². The number of anilines is 2. The number of benzene rings is 2. The van der Waals surface area contributed by atoms with E-state index >= 15 is 0 Å². The van der Waals surface area contributed by atoms with Crippen LogP contribution in [0.2, 0.25) is 0 Å². The van der Waals surface area contributed by atoms with Crippen LogP contribution >= 0.6 is 0 Å². The molecular weight excluding hydrogens is 208 g/mol. The molecule has 2 aromatic rings. The first-order valence-corrected chi connectivity index (χ1v) is 5.83. The summed E-state index contributed by atoms with van der Waals surface area (Å²) < 4.78 is 0. The first-order chi connectivity index (χ1) is 8.36. The Morgan fingerprint density at radius 1 is 0.941 bits per heavy atom. The quantitative estimate of drug-likeness (QED) is 0.719. The van der Waals surface area contributed by atoms with E-state index in [0.717, 1.165) is 0 Å². The summed E-state index contributed by atoms with van der Waals surface area (Å²) in [7, 11) is 0. The Kier molecular flexibility index (Phi) is 2.41. The zero-order valence-electron chi connectivity index (χ0n) is 9.75. The molecule has 0 aliphatic carbocycles. The number of hydrogen-bond acceptors (Lipinski definition) is 2. The minimum Gasteiger partial charge on any atom is -0.318 e. The van der Waals surface area contributed by atoms with Gasteiger partial charge in [-0.25, -0.2) is 0 Å². The van der Waals surface area contributed by atoms with Gasteiger partial charge < -0.3 is 4.90 Å². The van der Waals surface area contributed by atoms with Crippen molar-refractivity contribution in [3.05, 3.63) is 60.2 Å². The highest BCUT2D eigenvalue weighted by Gasteiger charge is 2.20. The zero-order chi connectivity index (χ0) is 11.7. The van der Waals surface area contributed by atoms with Gasteiger partial charge in [-0.3, -0.25) is 4.99 Å². The topological polar surface area (TPSA) is 15.6 Å². The van der Waals surface area contributed by atoms with Crippen molar-refractivity contribution >= 4 is 17.6 Å². The Bertz CT molecular complexity index is 546. The van der Waals surface area contributed by atoms with Crippen LogP contribution in [-0.2, 0) is 0 Å². The van der Waals surface area contributed by atoms with Crippen LogP contribution < -0.4 is 4.90 Å². The third-order valence-electron chi connectivity index (χ3n) is 3.03. The van der Waals surface area contributed by atoms with E-state index in [1.165, 1.54) is 16.9 Å². The number of para-hydroxylation sites is 2. The number of nitrogens with zero attached hydrogens (tertiary/aromatic N) is 2. The number of rotatable bonds is 1. The number of aliphatic imine (C=N–C) groups is 1. The smallest absolute Gasteiger partial charge is 0.122 e. The summed E-state index contributed by atoms with van der Waals surface area (Å²) in [6.45, 7) is 2.11. The van der Waals surface area contributed by atoms with Gasteiger partial charge in [0.1, 0.15) is 6.17 Å². The normalized spacial score (nSPS) is 17.9. The molecule has 0 aromatic heterocycles. The number of fused-ring (bicyclic) bond motifs is 1. The predicted octanol–water partition coefficient (Wildman–Crippen LogP) is 3.60. The molecule has 1 unspecified atom stereocenters. The average molecular weight is 222 g/mol. The van der Waals surface area contributed by atoms with Gasteiger partial charge in [0.2, 0.25) is 0 Å². The van der Waals surface area contributed by atoms with Crippen LogP contribution in [0.25, 0.3) is 0 Å². The molecule has 17 heavy (non-hydrogen) atoms. The van der Waals surface area contributed by atoms with E-state index in [1.807, 2.05) is 18.3 Å². The molecule has 1 aliphatic heterocycles. The molecule has 0 radical (unpaired) electrons. The lowest BCUT2D eigenvalue weighted by Gasteiger charge is -2.32. The van der Waals surface area contributed by atoms with Crippen molar-refractivity contribution in [3.63, 3.8) is 0 Å². The Morgan fingerprint density at radius 3 is 2.47 bits per heavy atom. The SMILES string of the molecule is CC1N=Cc2ccccc2N1c1ccccc1. The van der Waals surface area contributed by atoms with Crippen LogP contribution in [0, 0.1) is 0 Å². The maximum atomic E-state index is 4.53. The molecule has 0 amide bonds. The molecule has 0 N–H and O–H groups in total. The zero-order valence-corrected chi connectivity index (χ0v) is 9.75.